The lowest BCUT2D eigenvalue weighted by Crippen LogP contribution is -2.21. The van der Waals surface area contributed by atoms with Crippen LogP contribution in [0.3, 0.4) is 0 Å². The Morgan fingerprint density at radius 1 is 1.20 bits per heavy atom. The summed E-state index contributed by atoms with van der Waals surface area (Å²) >= 11 is 1.74. The standard InChI is InChI=1S/C16H19NO2S/c1-12(14-5-9-20-11-14)17-6-4-13-2-3-15-16(10-13)19-8-7-18-15/h2-3,5,9-12,17H,4,6-8H2,1H3. The molecule has 0 fully saturated rings. The fourth-order valence-electron chi connectivity index (χ4n) is 2.32. The highest BCUT2D eigenvalue weighted by Crippen LogP contribution is 2.30. The summed E-state index contributed by atoms with van der Waals surface area (Å²) in [6.45, 7) is 4.44. The maximum absolute atomic E-state index is 5.61. The largest absolute Gasteiger partial charge is 0.486 e. The number of ether oxygens (including phenoxy) is 2. The first-order valence-electron chi connectivity index (χ1n) is 6.97. The Hall–Kier alpha value is -1.52. The third-order valence-corrected chi connectivity index (χ3v) is 4.22. The third kappa shape index (κ3) is 3.14. The van der Waals surface area contributed by atoms with Gasteiger partial charge in [0.15, 0.2) is 11.5 Å². The zero-order valence-corrected chi connectivity index (χ0v) is 12.4. The molecule has 1 aliphatic rings. The van der Waals surface area contributed by atoms with Crippen molar-refractivity contribution in [2.45, 2.75) is 19.4 Å². The highest BCUT2D eigenvalue weighted by atomic mass is 32.1. The van der Waals surface area contributed by atoms with Crippen LogP contribution in [0.4, 0.5) is 0 Å². The van der Waals surface area contributed by atoms with Gasteiger partial charge >= 0.3 is 0 Å². The van der Waals surface area contributed by atoms with Crippen LogP contribution < -0.4 is 14.8 Å². The van der Waals surface area contributed by atoms with Crippen LogP contribution in [0.5, 0.6) is 11.5 Å². The molecule has 0 bridgehead atoms. The average molecular weight is 289 g/mol. The summed E-state index contributed by atoms with van der Waals surface area (Å²) in [4.78, 5) is 0. The Labute approximate surface area is 123 Å². The Kier molecular flexibility index (Phi) is 4.23. The van der Waals surface area contributed by atoms with Gasteiger partial charge in [-0.2, -0.15) is 11.3 Å². The minimum atomic E-state index is 0.401. The quantitative estimate of drug-likeness (QED) is 0.915. The Bertz CT molecular complexity index is 554. The first-order valence-corrected chi connectivity index (χ1v) is 7.91. The number of hydrogen-bond acceptors (Lipinski definition) is 4. The second kappa shape index (κ2) is 6.29. The van der Waals surface area contributed by atoms with E-state index in [1.54, 1.807) is 11.3 Å². The van der Waals surface area contributed by atoms with Gasteiger partial charge in [0, 0.05) is 6.04 Å². The summed E-state index contributed by atoms with van der Waals surface area (Å²) in [7, 11) is 0. The van der Waals surface area contributed by atoms with Gasteiger partial charge in [-0.05, 0) is 60.0 Å². The van der Waals surface area contributed by atoms with E-state index in [0.717, 1.165) is 24.5 Å². The summed E-state index contributed by atoms with van der Waals surface area (Å²) < 4.78 is 11.1. The number of benzene rings is 1. The monoisotopic (exact) mass is 289 g/mol. The summed E-state index contributed by atoms with van der Waals surface area (Å²) in [6.07, 6.45) is 0.991. The first-order chi connectivity index (χ1) is 9.83. The lowest BCUT2D eigenvalue weighted by atomic mass is 10.1. The van der Waals surface area contributed by atoms with E-state index in [2.05, 4.69) is 41.2 Å². The van der Waals surface area contributed by atoms with E-state index in [-0.39, 0.29) is 0 Å². The second-order valence-electron chi connectivity index (χ2n) is 4.96. The molecule has 1 N–H and O–H groups in total. The summed E-state index contributed by atoms with van der Waals surface area (Å²) in [5.41, 5.74) is 2.64. The van der Waals surface area contributed by atoms with Crippen LogP contribution in [0, 0.1) is 0 Å². The van der Waals surface area contributed by atoms with Crippen molar-refractivity contribution in [3.63, 3.8) is 0 Å². The van der Waals surface area contributed by atoms with Gasteiger partial charge < -0.3 is 14.8 Å². The Morgan fingerprint density at radius 2 is 2.05 bits per heavy atom. The molecule has 106 valence electrons. The average Bonchev–Trinajstić information content (AvgIpc) is 3.01. The molecule has 1 aromatic carbocycles. The maximum Gasteiger partial charge on any atom is 0.161 e. The molecule has 0 aliphatic carbocycles. The Morgan fingerprint density at radius 3 is 2.85 bits per heavy atom. The lowest BCUT2D eigenvalue weighted by Gasteiger charge is -2.19. The van der Waals surface area contributed by atoms with Crippen molar-refractivity contribution in [3.05, 3.63) is 46.2 Å². The van der Waals surface area contributed by atoms with Crippen molar-refractivity contribution in [2.75, 3.05) is 19.8 Å². The van der Waals surface area contributed by atoms with Crippen LogP contribution in [0.2, 0.25) is 0 Å². The molecule has 1 atom stereocenters. The van der Waals surface area contributed by atoms with E-state index in [4.69, 9.17) is 9.47 Å². The summed E-state index contributed by atoms with van der Waals surface area (Å²) in [5, 5.41) is 7.86. The molecule has 3 nitrogen and oxygen atoms in total. The van der Waals surface area contributed by atoms with E-state index in [1.807, 2.05) is 6.07 Å². The molecule has 2 aromatic rings. The van der Waals surface area contributed by atoms with Gasteiger partial charge in [-0.1, -0.05) is 6.07 Å². The molecule has 2 heterocycles. The van der Waals surface area contributed by atoms with Gasteiger partial charge in [-0.25, -0.2) is 0 Å². The van der Waals surface area contributed by atoms with Gasteiger partial charge in [0.1, 0.15) is 13.2 Å². The predicted molar refractivity (Wildman–Crippen MR) is 81.9 cm³/mol. The molecule has 0 spiro atoms. The van der Waals surface area contributed by atoms with Crippen LogP contribution in [-0.2, 0) is 6.42 Å². The number of fused-ring (bicyclic) bond motifs is 1. The lowest BCUT2D eigenvalue weighted by molar-refractivity contribution is 0.171. The van der Waals surface area contributed by atoms with Gasteiger partial charge in [0.2, 0.25) is 0 Å². The highest BCUT2D eigenvalue weighted by Gasteiger charge is 2.11. The molecule has 1 aliphatic heterocycles. The second-order valence-corrected chi connectivity index (χ2v) is 5.74. The Balaban J connectivity index is 1.53. The van der Waals surface area contributed by atoms with Gasteiger partial charge in [-0.15, -0.1) is 0 Å². The van der Waals surface area contributed by atoms with Crippen molar-refractivity contribution >= 4 is 11.3 Å². The predicted octanol–water partition coefficient (Wildman–Crippen LogP) is 3.41. The van der Waals surface area contributed by atoms with Crippen molar-refractivity contribution in [1.29, 1.82) is 0 Å². The van der Waals surface area contributed by atoms with Crippen LogP contribution >= 0.6 is 11.3 Å². The molecule has 20 heavy (non-hydrogen) atoms. The third-order valence-electron chi connectivity index (χ3n) is 3.51. The van der Waals surface area contributed by atoms with E-state index in [0.29, 0.717) is 19.3 Å². The smallest absolute Gasteiger partial charge is 0.161 e. The van der Waals surface area contributed by atoms with Crippen LogP contribution in [-0.4, -0.2) is 19.8 Å². The SMILES string of the molecule is CC(NCCc1ccc2c(c1)OCCO2)c1ccsc1. The minimum absolute atomic E-state index is 0.401. The fraction of sp³-hybridized carbons (Fsp3) is 0.375. The number of thiophene rings is 1. The number of hydrogen-bond donors (Lipinski definition) is 1. The van der Waals surface area contributed by atoms with Gasteiger partial charge in [0.25, 0.3) is 0 Å². The zero-order valence-electron chi connectivity index (χ0n) is 11.6. The van der Waals surface area contributed by atoms with Gasteiger partial charge in [0.05, 0.1) is 0 Å². The van der Waals surface area contributed by atoms with Crippen LogP contribution in [0.25, 0.3) is 0 Å². The molecule has 0 saturated heterocycles. The highest BCUT2D eigenvalue weighted by molar-refractivity contribution is 7.07. The van der Waals surface area contributed by atoms with Crippen LogP contribution in [0.1, 0.15) is 24.1 Å². The summed E-state index contributed by atoms with van der Waals surface area (Å²) in [6, 6.07) is 8.78. The topological polar surface area (TPSA) is 30.5 Å². The van der Waals surface area contributed by atoms with Gasteiger partial charge in [-0.3, -0.25) is 0 Å². The zero-order chi connectivity index (χ0) is 13.8. The maximum atomic E-state index is 5.61. The molecule has 1 aromatic heterocycles. The molecular formula is C16H19NO2S. The van der Waals surface area contributed by atoms with E-state index < -0.39 is 0 Å². The van der Waals surface area contributed by atoms with E-state index >= 15 is 0 Å². The first kappa shape index (κ1) is 13.5. The van der Waals surface area contributed by atoms with Crippen molar-refractivity contribution < 1.29 is 9.47 Å². The van der Waals surface area contributed by atoms with Crippen molar-refractivity contribution in [3.8, 4) is 11.5 Å². The fourth-order valence-corrected chi connectivity index (χ4v) is 3.07. The minimum Gasteiger partial charge on any atom is -0.486 e. The van der Waals surface area contributed by atoms with Crippen molar-refractivity contribution in [1.82, 2.24) is 5.32 Å². The molecule has 4 heteroatoms. The molecule has 0 amide bonds. The van der Waals surface area contributed by atoms with Crippen molar-refractivity contribution in [2.24, 2.45) is 0 Å². The molecular weight excluding hydrogens is 270 g/mol. The number of nitrogens with one attached hydrogen (secondary N) is 1. The van der Waals surface area contributed by atoms with E-state index in [9.17, 15) is 0 Å². The normalized spacial score (nSPS) is 15.1. The number of rotatable bonds is 5. The molecule has 0 radical (unpaired) electrons. The molecule has 1 unspecified atom stereocenters. The van der Waals surface area contributed by atoms with E-state index in [1.165, 1.54) is 11.1 Å². The molecule has 0 saturated carbocycles. The summed E-state index contributed by atoms with van der Waals surface area (Å²) in [5.74, 6) is 1.74. The van der Waals surface area contributed by atoms with Crippen LogP contribution in [0.15, 0.2) is 35.0 Å². The molecule has 3 rings (SSSR count).